The number of aromatic nitrogens is 2. The van der Waals surface area contributed by atoms with E-state index in [9.17, 15) is 19.2 Å². The molecule has 2 atom stereocenters. The highest BCUT2D eigenvalue weighted by Gasteiger charge is 2.38. The molecule has 0 radical (unpaired) electrons. The fourth-order valence-corrected chi connectivity index (χ4v) is 5.59. The second-order valence-electron chi connectivity index (χ2n) is 13.7. The molecule has 4 heterocycles. The van der Waals surface area contributed by atoms with Gasteiger partial charge in [-0.05, 0) is 109 Å². The summed E-state index contributed by atoms with van der Waals surface area (Å²) in [6.07, 6.45) is 3.26. The predicted molar refractivity (Wildman–Crippen MR) is 174 cm³/mol. The van der Waals surface area contributed by atoms with E-state index >= 15 is 0 Å². The SMILES string of the molecule is CC(C)(C)OC(=O)N1CCC[C@H]1C(=O)Nc1ccc(-c2ccc3nc(NC(=O)[C@@H]4CCCN4C(=O)OC(C)(C)C)ccc3c2)cn1. The largest absolute Gasteiger partial charge is 0.444 e. The molecule has 2 saturated heterocycles. The van der Waals surface area contributed by atoms with Crippen molar-refractivity contribution in [1.82, 2.24) is 19.8 Å². The molecule has 0 spiro atoms. The lowest BCUT2D eigenvalue weighted by molar-refractivity contribution is -0.121. The molecule has 2 aliphatic heterocycles. The summed E-state index contributed by atoms with van der Waals surface area (Å²) in [6.45, 7) is 11.7. The summed E-state index contributed by atoms with van der Waals surface area (Å²) >= 11 is 0. The maximum atomic E-state index is 13.1. The maximum Gasteiger partial charge on any atom is 0.410 e. The second-order valence-corrected chi connectivity index (χ2v) is 13.7. The average molecular weight is 631 g/mol. The molecule has 46 heavy (non-hydrogen) atoms. The zero-order valence-electron chi connectivity index (χ0n) is 27.3. The van der Waals surface area contributed by atoms with Gasteiger partial charge in [-0.25, -0.2) is 19.6 Å². The van der Waals surface area contributed by atoms with E-state index < -0.39 is 35.5 Å². The van der Waals surface area contributed by atoms with E-state index in [0.717, 1.165) is 29.4 Å². The smallest absolute Gasteiger partial charge is 0.410 e. The summed E-state index contributed by atoms with van der Waals surface area (Å²) in [5.74, 6) is 0.194. The van der Waals surface area contributed by atoms with E-state index in [1.165, 1.54) is 9.80 Å². The molecule has 12 nitrogen and oxygen atoms in total. The Morgan fingerprint density at radius 1 is 0.717 bits per heavy atom. The molecule has 2 N–H and O–H groups in total. The minimum atomic E-state index is -0.643. The number of likely N-dealkylation sites (tertiary alicyclic amines) is 2. The van der Waals surface area contributed by atoms with Crippen LogP contribution in [-0.4, -0.2) is 80.1 Å². The Morgan fingerprint density at radius 3 is 1.76 bits per heavy atom. The first-order valence-corrected chi connectivity index (χ1v) is 15.7. The molecule has 2 aromatic heterocycles. The molecule has 0 bridgehead atoms. The van der Waals surface area contributed by atoms with E-state index in [1.54, 1.807) is 59.9 Å². The number of nitrogens with zero attached hydrogens (tertiary/aromatic N) is 4. The van der Waals surface area contributed by atoms with E-state index in [-0.39, 0.29) is 11.8 Å². The molecule has 0 saturated carbocycles. The van der Waals surface area contributed by atoms with Crippen LogP contribution in [0.15, 0.2) is 48.7 Å². The second kappa shape index (κ2) is 12.9. The molecule has 0 unspecified atom stereocenters. The Labute approximate surface area is 268 Å². The highest BCUT2D eigenvalue weighted by atomic mass is 16.6. The molecular formula is C34H42N6O6. The number of amides is 4. The Bertz CT molecular complexity index is 1630. The van der Waals surface area contributed by atoms with Crippen molar-refractivity contribution in [3.05, 3.63) is 48.7 Å². The third kappa shape index (κ3) is 7.91. The monoisotopic (exact) mass is 630 g/mol. The number of ether oxygens (including phenoxy) is 2. The molecule has 4 amide bonds. The van der Waals surface area contributed by atoms with Crippen LogP contribution < -0.4 is 10.6 Å². The van der Waals surface area contributed by atoms with Gasteiger partial charge in [-0.1, -0.05) is 6.07 Å². The van der Waals surface area contributed by atoms with Crippen molar-refractivity contribution in [2.24, 2.45) is 0 Å². The lowest BCUT2D eigenvalue weighted by atomic mass is 10.0. The normalized spacial score (nSPS) is 18.4. The van der Waals surface area contributed by atoms with Gasteiger partial charge in [-0.2, -0.15) is 0 Å². The van der Waals surface area contributed by atoms with Gasteiger partial charge in [0.05, 0.1) is 5.52 Å². The maximum absolute atomic E-state index is 13.1. The molecule has 1 aromatic carbocycles. The van der Waals surface area contributed by atoms with Gasteiger partial charge < -0.3 is 20.1 Å². The van der Waals surface area contributed by atoms with Crippen molar-refractivity contribution < 1.29 is 28.7 Å². The third-order valence-corrected chi connectivity index (χ3v) is 7.66. The summed E-state index contributed by atoms with van der Waals surface area (Å²) in [5.41, 5.74) is 1.16. The number of anilines is 2. The number of hydrogen-bond donors (Lipinski definition) is 2. The quantitative estimate of drug-likeness (QED) is 0.351. The van der Waals surface area contributed by atoms with Gasteiger partial charge in [0.25, 0.3) is 0 Å². The van der Waals surface area contributed by atoms with Gasteiger partial charge in [0.15, 0.2) is 0 Å². The highest BCUT2D eigenvalue weighted by molar-refractivity contribution is 5.98. The highest BCUT2D eigenvalue weighted by Crippen LogP contribution is 2.27. The first kappa shape index (κ1) is 32.6. The average Bonchev–Trinajstić information content (AvgIpc) is 3.66. The van der Waals surface area contributed by atoms with Gasteiger partial charge in [-0.15, -0.1) is 0 Å². The van der Waals surface area contributed by atoms with Gasteiger partial charge in [0.2, 0.25) is 11.8 Å². The standard InChI is InChI=1S/C34H42N6O6/c1-33(2,3)45-31(43)39-17-7-9-25(39)29(41)37-27-15-13-23(20-35-27)21-11-14-24-22(19-21)12-16-28(36-24)38-30(42)26-10-8-18-40(26)32(44)46-34(4,5)6/h11-16,19-20,25-26H,7-10,17-18H2,1-6H3,(H,35,37,41)(H,36,38,42)/t25-,26-/m0/s1. The molecule has 244 valence electrons. The van der Waals surface area contributed by atoms with E-state index in [1.807, 2.05) is 30.3 Å². The topological polar surface area (TPSA) is 143 Å². The summed E-state index contributed by atoms with van der Waals surface area (Å²) in [6, 6.07) is 11.7. The minimum absolute atomic E-state index is 0.296. The van der Waals surface area contributed by atoms with Crippen LogP contribution in [-0.2, 0) is 19.1 Å². The van der Waals surface area contributed by atoms with Crippen molar-refractivity contribution in [2.45, 2.75) is 90.5 Å². The zero-order valence-corrected chi connectivity index (χ0v) is 27.3. The van der Waals surface area contributed by atoms with E-state index in [2.05, 4.69) is 20.6 Å². The molecule has 0 aliphatic carbocycles. The number of nitrogens with one attached hydrogen (secondary N) is 2. The van der Waals surface area contributed by atoms with Crippen LogP contribution in [0, 0.1) is 0 Å². The number of pyridine rings is 2. The third-order valence-electron chi connectivity index (χ3n) is 7.66. The van der Waals surface area contributed by atoms with Crippen LogP contribution in [0.2, 0.25) is 0 Å². The van der Waals surface area contributed by atoms with Gasteiger partial charge >= 0.3 is 12.2 Å². The van der Waals surface area contributed by atoms with E-state index in [0.29, 0.717) is 43.1 Å². The number of carbonyl (C=O) groups excluding carboxylic acids is 4. The summed E-state index contributed by atoms with van der Waals surface area (Å²) in [7, 11) is 0. The predicted octanol–water partition coefficient (Wildman–Crippen LogP) is 5.97. The van der Waals surface area contributed by atoms with Crippen molar-refractivity contribution >= 4 is 46.5 Å². The van der Waals surface area contributed by atoms with E-state index in [4.69, 9.17) is 9.47 Å². The van der Waals surface area contributed by atoms with Gasteiger partial charge in [0.1, 0.15) is 34.9 Å². The molecule has 3 aromatic rings. The van der Waals surface area contributed by atoms with Gasteiger partial charge in [0, 0.05) is 30.2 Å². The van der Waals surface area contributed by atoms with Crippen molar-refractivity contribution in [3.63, 3.8) is 0 Å². The van der Waals surface area contributed by atoms with Crippen LogP contribution in [0.3, 0.4) is 0 Å². The molecule has 2 fully saturated rings. The minimum Gasteiger partial charge on any atom is -0.444 e. The Hall–Kier alpha value is -4.74. The fraction of sp³-hybridized carbons (Fsp3) is 0.471. The number of rotatable bonds is 5. The van der Waals surface area contributed by atoms with Crippen LogP contribution in [0.5, 0.6) is 0 Å². The number of hydrogen-bond acceptors (Lipinski definition) is 8. The zero-order chi connectivity index (χ0) is 33.2. The van der Waals surface area contributed by atoms with Gasteiger partial charge in [-0.3, -0.25) is 19.4 Å². The van der Waals surface area contributed by atoms with Crippen molar-refractivity contribution in [2.75, 3.05) is 23.7 Å². The summed E-state index contributed by atoms with van der Waals surface area (Å²) in [5, 5.41) is 6.55. The fourth-order valence-electron chi connectivity index (χ4n) is 5.59. The van der Waals surface area contributed by atoms with Crippen LogP contribution in [0.1, 0.15) is 67.2 Å². The number of carbonyl (C=O) groups is 4. The van der Waals surface area contributed by atoms with Crippen LogP contribution in [0.25, 0.3) is 22.0 Å². The van der Waals surface area contributed by atoms with Crippen molar-refractivity contribution in [1.29, 1.82) is 0 Å². The lowest BCUT2D eigenvalue weighted by Gasteiger charge is -2.28. The molecule has 2 aliphatic rings. The number of benzene rings is 1. The van der Waals surface area contributed by atoms with Crippen LogP contribution >= 0.6 is 0 Å². The Morgan fingerprint density at radius 2 is 1.24 bits per heavy atom. The van der Waals surface area contributed by atoms with Crippen LogP contribution in [0.4, 0.5) is 21.2 Å². The number of fused-ring (bicyclic) bond motifs is 1. The lowest BCUT2D eigenvalue weighted by Crippen LogP contribution is -2.45. The molecular weight excluding hydrogens is 588 g/mol. The molecule has 12 heteroatoms. The first-order valence-electron chi connectivity index (χ1n) is 15.7. The van der Waals surface area contributed by atoms with Crippen molar-refractivity contribution in [3.8, 4) is 11.1 Å². The summed E-state index contributed by atoms with van der Waals surface area (Å²) in [4.78, 5) is 63.3. The Kier molecular flexibility index (Phi) is 9.18. The summed E-state index contributed by atoms with van der Waals surface area (Å²) < 4.78 is 10.9. The Balaban J connectivity index is 1.21. The molecule has 5 rings (SSSR count). The first-order chi connectivity index (χ1) is 21.7.